The molecule has 0 heterocycles. The maximum Gasteiger partial charge on any atom is -0.00930 e. The lowest BCUT2D eigenvalue weighted by molar-refractivity contribution is 0.557. The molecule has 0 amide bonds. The van der Waals surface area contributed by atoms with Crippen LogP contribution in [0.1, 0.15) is 27.7 Å². The predicted molar refractivity (Wildman–Crippen MR) is 61.1 cm³/mol. The van der Waals surface area contributed by atoms with Crippen LogP contribution in [0, 0.1) is 0 Å². The largest absolute Gasteiger partial charge is 0.133 e. The van der Waals surface area contributed by atoms with Gasteiger partial charge in [0.2, 0.25) is 0 Å². The average Bonchev–Trinajstić information content (AvgIpc) is 1.59. The third-order valence-electron chi connectivity index (χ3n) is 1.60. The van der Waals surface area contributed by atoms with Gasteiger partial charge >= 0.3 is 0 Å². The monoisotopic (exact) mass is 196 g/mol. The molecule has 3 unspecified atom stereocenters. The van der Waals surface area contributed by atoms with E-state index in [0.29, 0.717) is 16.0 Å². The lowest BCUT2D eigenvalue weighted by Gasteiger charge is -2.37. The molecule has 0 rings (SSSR count). The van der Waals surface area contributed by atoms with Crippen molar-refractivity contribution < 1.29 is 0 Å². The van der Waals surface area contributed by atoms with E-state index in [1.807, 2.05) is 0 Å². The maximum absolute atomic E-state index is 2.91. The summed E-state index contributed by atoms with van der Waals surface area (Å²) in [5.74, 6) is 0. The lowest BCUT2D eigenvalue weighted by Crippen LogP contribution is -2.38. The van der Waals surface area contributed by atoms with Gasteiger partial charge in [-0.05, 0) is 16.0 Å². The summed E-state index contributed by atoms with van der Waals surface area (Å²) in [5.41, 5.74) is 0.606. The predicted octanol–water partition coefficient (Wildman–Crippen LogP) is 2.54. The molecule has 0 aliphatic carbocycles. The topological polar surface area (TPSA) is 0 Å². The highest BCUT2D eigenvalue weighted by molar-refractivity contribution is 7.27. The zero-order valence-electron chi connectivity index (χ0n) is 7.31. The van der Waals surface area contributed by atoms with Crippen LogP contribution in [0.3, 0.4) is 0 Å². The Morgan fingerprint density at radius 2 is 1.10 bits per heavy atom. The molecule has 0 aromatic rings. The van der Waals surface area contributed by atoms with Crippen LogP contribution in [0.15, 0.2) is 0 Å². The van der Waals surface area contributed by atoms with Crippen LogP contribution in [0.2, 0.25) is 0 Å². The van der Waals surface area contributed by atoms with Crippen LogP contribution >= 0.6 is 27.7 Å². The molecule has 0 fully saturated rings. The summed E-state index contributed by atoms with van der Waals surface area (Å²) in [4.78, 5) is 0. The zero-order valence-corrected chi connectivity index (χ0v) is 10.8. The molecule has 0 N–H and O–H groups in total. The first-order valence-electron chi connectivity index (χ1n) is 3.49. The molecule has 0 aromatic heterocycles. The fraction of sp³-hybridized carbons (Fsp3) is 1.00. The summed E-state index contributed by atoms with van der Waals surface area (Å²) in [5, 5.41) is 0.603. The molecular formula is C7H19P3. The highest BCUT2D eigenvalue weighted by Crippen LogP contribution is 2.39. The van der Waals surface area contributed by atoms with E-state index in [4.69, 9.17) is 0 Å². The summed E-state index contributed by atoms with van der Waals surface area (Å²) < 4.78 is 0. The quantitative estimate of drug-likeness (QED) is 0.595. The van der Waals surface area contributed by atoms with Crippen LogP contribution in [0.25, 0.3) is 0 Å². The number of rotatable bonds is 2. The standard InChI is InChI=1S/C7H19P3/c1-6(2,9)5(8)7(3,4)10/h5H,8-10H2,1-4H3. The van der Waals surface area contributed by atoms with E-state index in [1.54, 1.807) is 0 Å². The van der Waals surface area contributed by atoms with E-state index >= 15 is 0 Å². The van der Waals surface area contributed by atoms with Gasteiger partial charge in [0.25, 0.3) is 0 Å². The van der Waals surface area contributed by atoms with Crippen molar-refractivity contribution >= 4 is 27.7 Å². The third-order valence-corrected chi connectivity index (χ3v) is 4.81. The fourth-order valence-electron chi connectivity index (χ4n) is 0.959. The Morgan fingerprint density at radius 1 is 0.900 bits per heavy atom. The first kappa shape index (κ1) is 11.3. The van der Waals surface area contributed by atoms with Gasteiger partial charge in [-0.15, -0.1) is 27.7 Å². The van der Waals surface area contributed by atoms with Crippen LogP contribution < -0.4 is 0 Å². The van der Waals surface area contributed by atoms with Gasteiger partial charge in [0.05, 0.1) is 0 Å². The maximum atomic E-state index is 2.91. The zero-order chi connectivity index (χ0) is 8.58. The first-order valence-corrected chi connectivity index (χ1v) is 5.31. The molecule has 0 nitrogen and oxygen atoms in total. The fourth-order valence-corrected chi connectivity index (χ4v) is 2.01. The Kier molecular flexibility index (Phi) is 3.78. The highest BCUT2D eigenvalue weighted by atomic mass is 31.0. The molecule has 0 aliphatic rings. The average molecular weight is 196 g/mol. The second-order valence-corrected chi connectivity index (χ2v) is 7.76. The SMILES string of the molecule is CC(C)(P)C(P)C(C)(C)P. The molecular weight excluding hydrogens is 177 g/mol. The summed E-state index contributed by atoms with van der Waals surface area (Å²) in [6.45, 7) is 8.95. The van der Waals surface area contributed by atoms with Gasteiger partial charge in [-0.2, -0.15) is 0 Å². The van der Waals surface area contributed by atoms with Gasteiger partial charge in [0.1, 0.15) is 0 Å². The Morgan fingerprint density at radius 3 is 1.10 bits per heavy atom. The summed E-state index contributed by atoms with van der Waals surface area (Å²) in [6.07, 6.45) is 0. The van der Waals surface area contributed by atoms with Gasteiger partial charge < -0.3 is 0 Å². The van der Waals surface area contributed by atoms with Crippen LogP contribution in [-0.4, -0.2) is 16.0 Å². The van der Waals surface area contributed by atoms with E-state index in [-0.39, 0.29) is 0 Å². The normalized spacial score (nSPS) is 14.4. The Hall–Kier alpha value is 1.29. The third kappa shape index (κ3) is 3.61. The van der Waals surface area contributed by atoms with Gasteiger partial charge in [0, 0.05) is 0 Å². The van der Waals surface area contributed by atoms with E-state index < -0.39 is 0 Å². The Bertz CT molecular complexity index is 93.0. The molecule has 3 atom stereocenters. The van der Waals surface area contributed by atoms with Crippen molar-refractivity contribution in [2.24, 2.45) is 0 Å². The minimum absolute atomic E-state index is 0.302. The highest BCUT2D eigenvalue weighted by Gasteiger charge is 2.31. The van der Waals surface area contributed by atoms with Crippen molar-refractivity contribution in [3.63, 3.8) is 0 Å². The molecule has 62 valence electrons. The van der Waals surface area contributed by atoms with Crippen molar-refractivity contribution in [3.05, 3.63) is 0 Å². The van der Waals surface area contributed by atoms with Crippen molar-refractivity contribution in [1.29, 1.82) is 0 Å². The molecule has 0 radical (unpaired) electrons. The number of hydrogen-bond donors (Lipinski definition) is 0. The molecule has 10 heavy (non-hydrogen) atoms. The van der Waals surface area contributed by atoms with Crippen LogP contribution in [-0.2, 0) is 0 Å². The second kappa shape index (κ2) is 3.35. The van der Waals surface area contributed by atoms with Crippen molar-refractivity contribution in [2.45, 2.75) is 43.7 Å². The Balaban J connectivity index is 4.23. The molecule has 0 aliphatic heterocycles. The smallest absolute Gasteiger partial charge is 0.00930 e. The minimum atomic E-state index is 0.302. The van der Waals surface area contributed by atoms with Gasteiger partial charge in [-0.1, -0.05) is 27.7 Å². The first-order chi connectivity index (χ1) is 4.15. The molecule has 0 saturated heterocycles. The van der Waals surface area contributed by atoms with Gasteiger partial charge in [-0.3, -0.25) is 0 Å². The molecule has 3 heteroatoms. The van der Waals surface area contributed by atoms with E-state index in [2.05, 4.69) is 55.4 Å². The summed E-state index contributed by atoms with van der Waals surface area (Å²) >= 11 is 0. The lowest BCUT2D eigenvalue weighted by atomic mass is 9.98. The van der Waals surface area contributed by atoms with Gasteiger partial charge in [0.15, 0.2) is 0 Å². The second-order valence-electron chi connectivity index (χ2n) is 4.12. The van der Waals surface area contributed by atoms with Gasteiger partial charge in [-0.25, -0.2) is 0 Å². The van der Waals surface area contributed by atoms with Crippen molar-refractivity contribution in [2.75, 3.05) is 0 Å². The summed E-state index contributed by atoms with van der Waals surface area (Å²) in [7, 11) is 8.67. The number of hydrogen-bond acceptors (Lipinski definition) is 0. The Labute approximate surface area is 71.9 Å². The summed E-state index contributed by atoms with van der Waals surface area (Å²) in [6, 6.07) is 0. The molecule has 0 spiro atoms. The van der Waals surface area contributed by atoms with Crippen LogP contribution in [0.4, 0.5) is 0 Å². The van der Waals surface area contributed by atoms with E-state index in [0.717, 1.165) is 0 Å². The molecule has 0 aromatic carbocycles. The van der Waals surface area contributed by atoms with Crippen LogP contribution in [0.5, 0.6) is 0 Å². The molecule has 0 bridgehead atoms. The van der Waals surface area contributed by atoms with Crippen molar-refractivity contribution in [1.82, 2.24) is 0 Å². The van der Waals surface area contributed by atoms with E-state index in [9.17, 15) is 0 Å². The minimum Gasteiger partial charge on any atom is -0.133 e. The van der Waals surface area contributed by atoms with Crippen molar-refractivity contribution in [3.8, 4) is 0 Å². The van der Waals surface area contributed by atoms with E-state index in [1.165, 1.54) is 0 Å². The molecule has 0 saturated carbocycles.